The van der Waals surface area contributed by atoms with Gasteiger partial charge in [-0.05, 0) is 65.7 Å². The number of anilines is 1. The Morgan fingerprint density at radius 2 is 1.92 bits per heavy atom. The fourth-order valence-corrected chi connectivity index (χ4v) is 2.43. The summed E-state index contributed by atoms with van der Waals surface area (Å²) in [4.78, 5) is 24.2. The Morgan fingerprint density at radius 1 is 1.12 bits per heavy atom. The average molecular weight is 349 g/mol. The third-order valence-electron chi connectivity index (χ3n) is 3.97. The van der Waals surface area contributed by atoms with Crippen molar-refractivity contribution in [3.8, 4) is 11.4 Å². The Morgan fingerprint density at radius 3 is 2.62 bits per heavy atom. The minimum atomic E-state index is -0.498. The zero-order chi connectivity index (χ0) is 17.9. The average Bonchev–Trinajstić information content (AvgIpc) is 3.38. The molecule has 1 fully saturated rings. The van der Waals surface area contributed by atoms with Crippen molar-refractivity contribution in [2.24, 2.45) is 5.92 Å². The van der Waals surface area contributed by atoms with Gasteiger partial charge in [-0.3, -0.25) is 4.79 Å². The second-order valence-electron chi connectivity index (χ2n) is 5.98. The van der Waals surface area contributed by atoms with Crippen LogP contribution in [0.5, 0.6) is 5.75 Å². The molecule has 1 aliphatic rings. The number of carbonyl (C=O) groups excluding carboxylic acids is 2. The predicted molar refractivity (Wildman–Crippen MR) is 91.9 cm³/mol. The van der Waals surface area contributed by atoms with Crippen molar-refractivity contribution >= 4 is 17.6 Å². The van der Waals surface area contributed by atoms with Gasteiger partial charge in [-0.15, -0.1) is 5.10 Å². The molecule has 1 amide bonds. The minimum absolute atomic E-state index is 0.00583. The van der Waals surface area contributed by atoms with Crippen molar-refractivity contribution in [2.45, 2.75) is 12.8 Å². The number of nitrogens with one attached hydrogen (secondary N) is 1. The molecule has 0 radical (unpaired) electrons. The number of nitrogens with zero attached hydrogens (tertiary/aromatic N) is 4. The van der Waals surface area contributed by atoms with Gasteiger partial charge in [-0.1, -0.05) is 6.07 Å². The molecule has 1 N–H and O–H groups in total. The number of hydrogen-bond acceptors (Lipinski definition) is 6. The lowest BCUT2D eigenvalue weighted by Crippen LogP contribution is -2.14. The van der Waals surface area contributed by atoms with E-state index in [1.54, 1.807) is 48.5 Å². The van der Waals surface area contributed by atoms with Gasteiger partial charge in [0.2, 0.25) is 5.91 Å². The van der Waals surface area contributed by atoms with Crippen molar-refractivity contribution < 1.29 is 14.3 Å². The lowest BCUT2D eigenvalue weighted by molar-refractivity contribution is -0.117. The molecule has 0 spiro atoms. The summed E-state index contributed by atoms with van der Waals surface area (Å²) in [5.74, 6) is -0.0000435. The van der Waals surface area contributed by atoms with Gasteiger partial charge in [-0.25, -0.2) is 9.48 Å². The number of esters is 1. The molecule has 1 aromatic heterocycles. The van der Waals surface area contributed by atoms with E-state index in [0.29, 0.717) is 17.0 Å². The number of amides is 1. The summed E-state index contributed by atoms with van der Waals surface area (Å²) in [7, 11) is 0. The van der Waals surface area contributed by atoms with Crippen LogP contribution in [0, 0.1) is 5.92 Å². The maximum atomic E-state index is 12.3. The van der Waals surface area contributed by atoms with Crippen LogP contribution >= 0.6 is 0 Å². The van der Waals surface area contributed by atoms with Gasteiger partial charge in [0.25, 0.3) is 0 Å². The molecule has 8 nitrogen and oxygen atoms in total. The summed E-state index contributed by atoms with van der Waals surface area (Å²) in [6, 6.07) is 13.5. The van der Waals surface area contributed by atoms with E-state index >= 15 is 0 Å². The number of benzene rings is 2. The minimum Gasteiger partial charge on any atom is -0.423 e. The lowest BCUT2D eigenvalue weighted by Gasteiger charge is -2.08. The zero-order valence-electron chi connectivity index (χ0n) is 13.7. The van der Waals surface area contributed by atoms with Gasteiger partial charge >= 0.3 is 5.97 Å². The van der Waals surface area contributed by atoms with E-state index in [2.05, 4.69) is 20.8 Å². The maximum absolute atomic E-state index is 12.3. The molecule has 0 atom stereocenters. The van der Waals surface area contributed by atoms with Crippen molar-refractivity contribution in [1.29, 1.82) is 0 Å². The molecule has 2 aromatic carbocycles. The molecule has 130 valence electrons. The van der Waals surface area contributed by atoms with Crippen molar-refractivity contribution in [1.82, 2.24) is 20.2 Å². The van der Waals surface area contributed by atoms with Crippen LogP contribution in [0.15, 0.2) is 54.9 Å². The first-order valence-corrected chi connectivity index (χ1v) is 8.15. The molecule has 4 rings (SSSR count). The maximum Gasteiger partial charge on any atom is 0.343 e. The van der Waals surface area contributed by atoms with Gasteiger partial charge in [0.05, 0.1) is 11.3 Å². The molecule has 3 aromatic rings. The summed E-state index contributed by atoms with van der Waals surface area (Å²) in [6.07, 6.45) is 3.32. The second kappa shape index (κ2) is 6.75. The number of rotatable bonds is 5. The highest BCUT2D eigenvalue weighted by atomic mass is 16.5. The highest BCUT2D eigenvalue weighted by Gasteiger charge is 2.29. The Kier molecular flexibility index (Phi) is 4.14. The van der Waals surface area contributed by atoms with Crippen molar-refractivity contribution in [2.75, 3.05) is 5.32 Å². The van der Waals surface area contributed by atoms with Crippen LogP contribution in [0.2, 0.25) is 0 Å². The summed E-state index contributed by atoms with van der Waals surface area (Å²) in [6.45, 7) is 0. The number of tetrazole rings is 1. The molecule has 0 saturated heterocycles. The first kappa shape index (κ1) is 15.9. The van der Waals surface area contributed by atoms with E-state index in [1.165, 1.54) is 11.0 Å². The normalized spacial score (nSPS) is 13.2. The molecule has 26 heavy (non-hydrogen) atoms. The van der Waals surface area contributed by atoms with Crippen molar-refractivity contribution in [3.63, 3.8) is 0 Å². The largest absolute Gasteiger partial charge is 0.423 e. The van der Waals surface area contributed by atoms with E-state index in [0.717, 1.165) is 18.5 Å². The van der Waals surface area contributed by atoms with Crippen LogP contribution in [-0.4, -0.2) is 32.1 Å². The first-order chi connectivity index (χ1) is 12.7. The van der Waals surface area contributed by atoms with E-state index in [9.17, 15) is 9.59 Å². The molecule has 1 heterocycles. The summed E-state index contributed by atoms with van der Waals surface area (Å²) < 4.78 is 6.88. The number of aromatic nitrogens is 4. The van der Waals surface area contributed by atoms with Crippen LogP contribution in [0.25, 0.3) is 5.69 Å². The van der Waals surface area contributed by atoms with E-state index in [4.69, 9.17) is 4.74 Å². The zero-order valence-corrected chi connectivity index (χ0v) is 13.7. The third-order valence-corrected chi connectivity index (χ3v) is 3.97. The van der Waals surface area contributed by atoms with Crippen LogP contribution in [0.1, 0.15) is 23.2 Å². The van der Waals surface area contributed by atoms with Crippen LogP contribution < -0.4 is 10.1 Å². The van der Waals surface area contributed by atoms with Gasteiger partial charge in [0.1, 0.15) is 12.1 Å². The van der Waals surface area contributed by atoms with E-state index < -0.39 is 5.97 Å². The fourth-order valence-electron chi connectivity index (χ4n) is 2.43. The molecule has 0 bridgehead atoms. The molecule has 0 unspecified atom stereocenters. The summed E-state index contributed by atoms with van der Waals surface area (Å²) in [5.41, 5.74) is 1.70. The van der Waals surface area contributed by atoms with Gasteiger partial charge in [0, 0.05) is 11.6 Å². The van der Waals surface area contributed by atoms with Crippen LogP contribution in [0.4, 0.5) is 5.69 Å². The Hall–Kier alpha value is -3.55. The molecule has 1 aliphatic carbocycles. The monoisotopic (exact) mass is 349 g/mol. The fraction of sp³-hybridized carbons (Fsp3) is 0.167. The molecule has 1 saturated carbocycles. The number of carbonyl (C=O) groups is 2. The summed E-state index contributed by atoms with van der Waals surface area (Å²) >= 11 is 0. The predicted octanol–water partition coefficient (Wildman–Crippen LogP) is 2.23. The van der Waals surface area contributed by atoms with Gasteiger partial charge in [-0.2, -0.15) is 0 Å². The lowest BCUT2D eigenvalue weighted by atomic mass is 10.2. The van der Waals surface area contributed by atoms with Gasteiger partial charge < -0.3 is 10.1 Å². The molecular formula is C18H15N5O3. The third kappa shape index (κ3) is 3.59. The quantitative estimate of drug-likeness (QED) is 0.560. The molecular weight excluding hydrogens is 334 g/mol. The Balaban J connectivity index is 1.43. The van der Waals surface area contributed by atoms with Gasteiger partial charge in [0.15, 0.2) is 0 Å². The second-order valence-corrected chi connectivity index (χ2v) is 5.98. The van der Waals surface area contributed by atoms with E-state index in [-0.39, 0.29) is 11.8 Å². The first-order valence-electron chi connectivity index (χ1n) is 8.15. The molecule has 0 aliphatic heterocycles. The van der Waals surface area contributed by atoms with Crippen LogP contribution in [-0.2, 0) is 4.79 Å². The van der Waals surface area contributed by atoms with Crippen LogP contribution in [0.3, 0.4) is 0 Å². The van der Waals surface area contributed by atoms with Crippen molar-refractivity contribution in [3.05, 3.63) is 60.4 Å². The number of hydrogen-bond donors (Lipinski definition) is 1. The number of ether oxygens (including phenoxy) is 1. The SMILES string of the molecule is O=C(Oc1ccc(-n2cnnn2)cc1)c1cccc(NC(=O)C2CC2)c1. The molecule has 8 heteroatoms. The highest BCUT2D eigenvalue weighted by molar-refractivity contribution is 5.96. The smallest absolute Gasteiger partial charge is 0.343 e. The summed E-state index contributed by atoms with van der Waals surface area (Å²) in [5, 5.41) is 13.7. The Labute approximate surface area is 148 Å². The standard InChI is InChI=1S/C18H15N5O3/c24-17(12-4-5-12)20-14-3-1-2-13(10-14)18(25)26-16-8-6-15(7-9-16)23-11-19-21-22-23/h1-3,6-12H,4-5H2,(H,20,24). The topological polar surface area (TPSA) is 99.0 Å². The van der Waals surface area contributed by atoms with E-state index in [1.807, 2.05) is 0 Å². The highest BCUT2D eigenvalue weighted by Crippen LogP contribution is 2.30. The Bertz CT molecular complexity index is 934.